The van der Waals surface area contributed by atoms with E-state index in [-0.39, 0.29) is 5.91 Å². The van der Waals surface area contributed by atoms with Crippen LogP contribution in [0.4, 0.5) is 0 Å². The highest BCUT2D eigenvalue weighted by atomic mass is 35.5. The van der Waals surface area contributed by atoms with E-state index in [1.54, 1.807) is 18.1 Å². The van der Waals surface area contributed by atoms with Crippen LogP contribution in [-0.4, -0.2) is 69.7 Å². The van der Waals surface area contributed by atoms with E-state index < -0.39 is 0 Å². The fraction of sp³-hybridized carbons (Fsp3) is 0.412. The molecule has 0 unspecified atom stereocenters. The zero-order valence-electron chi connectivity index (χ0n) is 14.7. The summed E-state index contributed by atoms with van der Waals surface area (Å²) in [6.07, 6.45) is 3.18. The van der Waals surface area contributed by atoms with Crippen LogP contribution in [0.2, 0.25) is 5.02 Å². The first-order valence-corrected chi connectivity index (χ1v) is 8.84. The molecule has 1 aliphatic heterocycles. The molecule has 2 heterocycles. The minimum absolute atomic E-state index is 0.0884. The maximum atomic E-state index is 12.5. The molecule has 9 heteroatoms. The molecule has 0 radical (unpaired) electrons. The van der Waals surface area contributed by atoms with E-state index in [1.807, 2.05) is 34.1 Å². The Morgan fingerprint density at radius 2 is 2.12 bits per heavy atom. The fourth-order valence-electron chi connectivity index (χ4n) is 2.83. The number of carbonyl (C=O) groups excluding carboxylic acids is 1. The van der Waals surface area contributed by atoms with Gasteiger partial charge in [0.2, 0.25) is 5.91 Å². The number of halogens is 1. The Balaban J connectivity index is 1.49. The van der Waals surface area contributed by atoms with Crippen LogP contribution in [0.1, 0.15) is 5.56 Å². The largest absolute Gasteiger partial charge is 0.354 e. The molecule has 1 aromatic heterocycles. The average Bonchev–Trinajstić information content (AvgIpc) is 3.16. The van der Waals surface area contributed by atoms with Gasteiger partial charge in [-0.1, -0.05) is 23.7 Å². The van der Waals surface area contributed by atoms with Gasteiger partial charge in [-0.25, -0.2) is 4.98 Å². The molecule has 0 bridgehead atoms. The van der Waals surface area contributed by atoms with Gasteiger partial charge in [0.25, 0.3) is 0 Å². The molecular formula is C17H22ClN7O. The van der Waals surface area contributed by atoms with E-state index in [2.05, 4.69) is 20.4 Å². The van der Waals surface area contributed by atoms with E-state index in [4.69, 9.17) is 11.6 Å². The van der Waals surface area contributed by atoms with Crippen molar-refractivity contribution in [1.82, 2.24) is 29.9 Å². The summed E-state index contributed by atoms with van der Waals surface area (Å²) in [5.41, 5.74) is 1.08. The molecule has 1 fully saturated rings. The second-order valence-corrected chi connectivity index (χ2v) is 6.43. The Morgan fingerprint density at radius 3 is 2.77 bits per heavy atom. The first kappa shape index (κ1) is 18.2. The van der Waals surface area contributed by atoms with Crippen LogP contribution in [0, 0.1) is 0 Å². The number of hydrogen-bond acceptors (Lipinski definition) is 4. The van der Waals surface area contributed by atoms with Crippen LogP contribution >= 0.6 is 11.6 Å². The number of aromatic nitrogens is 3. The first-order chi connectivity index (χ1) is 12.7. The molecular weight excluding hydrogens is 354 g/mol. The van der Waals surface area contributed by atoms with Gasteiger partial charge < -0.3 is 15.1 Å². The fourth-order valence-corrected chi connectivity index (χ4v) is 2.96. The molecule has 1 aromatic carbocycles. The van der Waals surface area contributed by atoms with Crippen molar-refractivity contribution in [2.45, 2.75) is 13.1 Å². The topological polar surface area (TPSA) is 78.7 Å². The number of rotatable bonds is 5. The Morgan fingerprint density at radius 1 is 1.31 bits per heavy atom. The molecule has 8 nitrogen and oxygen atoms in total. The summed E-state index contributed by atoms with van der Waals surface area (Å²) in [5, 5.41) is 8.03. The van der Waals surface area contributed by atoms with E-state index in [9.17, 15) is 4.79 Å². The first-order valence-electron chi connectivity index (χ1n) is 8.46. The van der Waals surface area contributed by atoms with Crippen molar-refractivity contribution in [3.05, 3.63) is 47.5 Å². The number of aliphatic imine (C=N–C) groups is 1. The van der Waals surface area contributed by atoms with Crippen LogP contribution in [0.5, 0.6) is 0 Å². The van der Waals surface area contributed by atoms with Crippen LogP contribution in [0.15, 0.2) is 41.9 Å². The molecule has 1 N–H and O–H groups in total. The monoisotopic (exact) mass is 375 g/mol. The van der Waals surface area contributed by atoms with Gasteiger partial charge >= 0.3 is 0 Å². The van der Waals surface area contributed by atoms with Gasteiger partial charge in [-0.05, 0) is 17.7 Å². The predicted octanol–water partition coefficient (Wildman–Crippen LogP) is 0.851. The molecule has 1 aliphatic rings. The third-order valence-electron chi connectivity index (χ3n) is 4.21. The summed E-state index contributed by atoms with van der Waals surface area (Å²) in [4.78, 5) is 24.5. The Bertz CT molecular complexity index is 745. The van der Waals surface area contributed by atoms with Gasteiger partial charge in [0, 0.05) is 38.2 Å². The lowest BCUT2D eigenvalue weighted by Crippen LogP contribution is -2.55. The number of nitrogens with zero attached hydrogens (tertiary/aromatic N) is 6. The summed E-state index contributed by atoms with van der Waals surface area (Å²) in [5.74, 6) is 0.815. The predicted molar refractivity (Wildman–Crippen MR) is 99.8 cm³/mol. The summed E-state index contributed by atoms with van der Waals surface area (Å²) in [6, 6.07) is 7.59. The lowest BCUT2D eigenvalue weighted by atomic mass is 10.2. The van der Waals surface area contributed by atoms with Crippen molar-refractivity contribution in [2.75, 3.05) is 33.2 Å². The highest BCUT2D eigenvalue weighted by Crippen LogP contribution is 2.13. The molecule has 0 spiro atoms. The van der Waals surface area contributed by atoms with Crippen molar-refractivity contribution < 1.29 is 4.79 Å². The second-order valence-electron chi connectivity index (χ2n) is 6.00. The zero-order valence-corrected chi connectivity index (χ0v) is 15.4. The molecule has 1 amide bonds. The third-order valence-corrected chi connectivity index (χ3v) is 4.46. The van der Waals surface area contributed by atoms with Crippen molar-refractivity contribution in [3.63, 3.8) is 0 Å². The smallest absolute Gasteiger partial charge is 0.242 e. The lowest BCUT2D eigenvalue weighted by Gasteiger charge is -2.36. The highest BCUT2D eigenvalue weighted by Gasteiger charge is 2.25. The third kappa shape index (κ3) is 4.72. The molecule has 26 heavy (non-hydrogen) atoms. The summed E-state index contributed by atoms with van der Waals surface area (Å²) >= 11 is 5.91. The molecule has 3 rings (SSSR count). The summed E-state index contributed by atoms with van der Waals surface area (Å²) < 4.78 is 1.75. The van der Waals surface area contributed by atoms with E-state index in [1.165, 1.54) is 6.33 Å². The molecule has 1 saturated heterocycles. The SMILES string of the molecule is CN=C(NCCn1cncn1)N1CCN(Cc2ccc(Cl)cc2)C(=O)C1. The maximum Gasteiger partial charge on any atom is 0.242 e. The van der Waals surface area contributed by atoms with Crippen LogP contribution in [0.25, 0.3) is 0 Å². The number of benzene rings is 1. The standard InChI is InChI=1S/C17H22ClN7O/c1-19-17(21-6-7-25-13-20-12-22-25)24-9-8-23(16(26)11-24)10-14-2-4-15(18)5-3-14/h2-5,12-13H,6-11H2,1H3,(H,19,21). The van der Waals surface area contributed by atoms with Gasteiger partial charge in [-0.2, -0.15) is 5.10 Å². The van der Waals surface area contributed by atoms with Gasteiger partial charge in [-0.15, -0.1) is 0 Å². The van der Waals surface area contributed by atoms with Crippen LogP contribution < -0.4 is 5.32 Å². The summed E-state index contributed by atoms with van der Waals surface area (Å²) in [6.45, 7) is 3.66. The minimum Gasteiger partial charge on any atom is -0.354 e. The van der Waals surface area contributed by atoms with Crippen molar-refractivity contribution in [2.24, 2.45) is 4.99 Å². The highest BCUT2D eigenvalue weighted by molar-refractivity contribution is 6.30. The Kier molecular flexibility index (Phi) is 6.06. The number of hydrogen-bond donors (Lipinski definition) is 1. The number of carbonyl (C=O) groups is 1. The van der Waals surface area contributed by atoms with Gasteiger partial charge in [0.1, 0.15) is 12.7 Å². The quantitative estimate of drug-likeness (QED) is 0.619. The number of piperazine rings is 1. The zero-order chi connectivity index (χ0) is 18.4. The molecule has 138 valence electrons. The maximum absolute atomic E-state index is 12.5. The van der Waals surface area contributed by atoms with Crippen molar-refractivity contribution in [3.8, 4) is 0 Å². The minimum atomic E-state index is 0.0884. The normalized spacial score (nSPS) is 15.5. The van der Waals surface area contributed by atoms with Gasteiger partial charge in [0.05, 0.1) is 13.1 Å². The van der Waals surface area contributed by atoms with Gasteiger partial charge in [0.15, 0.2) is 5.96 Å². The van der Waals surface area contributed by atoms with Crippen LogP contribution in [0.3, 0.4) is 0 Å². The van der Waals surface area contributed by atoms with E-state index in [0.717, 1.165) is 18.1 Å². The van der Waals surface area contributed by atoms with E-state index in [0.29, 0.717) is 37.7 Å². The van der Waals surface area contributed by atoms with Crippen molar-refractivity contribution >= 4 is 23.5 Å². The van der Waals surface area contributed by atoms with Crippen LogP contribution in [-0.2, 0) is 17.9 Å². The second kappa shape index (κ2) is 8.66. The van der Waals surface area contributed by atoms with Crippen molar-refractivity contribution in [1.29, 1.82) is 0 Å². The molecule has 2 aromatic rings. The Hall–Kier alpha value is -2.61. The Labute approximate surface area is 157 Å². The number of nitrogens with one attached hydrogen (secondary N) is 1. The number of guanidine groups is 1. The molecule has 0 saturated carbocycles. The lowest BCUT2D eigenvalue weighted by molar-refractivity contribution is -0.135. The van der Waals surface area contributed by atoms with E-state index >= 15 is 0 Å². The molecule has 0 aliphatic carbocycles. The molecule has 0 atom stereocenters. The summed E-state index contributed by atoms with van der Waals surface area (Å²) in [7, 11) is 1.72. The number of amides is 1. The van der Waals surface area contributed by atoms with Gasteiger partial charge in [-0.3, -0.25) is 14.5 Å². The average molecular weight is 376 g/mol.